The SMILES string of the molecule is CC(CN)c1coc2cccc(O)c12. The van der Waals surface area contributed by atoms with Gasteiger partial charge in [-0.25, -0.2) is 0 Å². The monoisotopic (exact) mass is 191 g/mol. The quantitative estimate of drug-likeness (QED) is 0.765. The number of benzene rings is 1. The van der Waals surface area contributed by atoms with Crippen LogP contribution in [-0.4, -0.2) is 11.7 Å². The number of hydrogen-bond donors (Lipinski definition) is 2. The Morgan fingerprint density at radius 1 is 1.50 bits per heavy atom. The molecule has 0 aliphatic rings. The molecule has 0 spiro atoms. The van der Waals surface area contributed by atoms with Gasteiger partial charge in [0.2, 0.25) is 0 Å². The number of aromatic hydroxyl groups is 1. The van der Waals surface area contributed by atoms with E-state index < -0.39 is 0 Å². The molecule has 1 aromatic heterocycles. The Kier molecular flexibility index (Phi) is 2.17. The molecule has 0 aliphatic heterocycles. The Labute approximate surface area is 82.1 Å². The van der Waals surface area contributed by atoms with E-state index in [-0.39, 0.29) is 11.7 Å². The third kappa shape index (κ3) is 1.26. The van der Waals surface area contributed by atoms with E-state index in [9.17, 15) is 5.11 Å². The lowest BCUT2D eigenvalue weighted by Gasteiger charge is -2.05. The molecule has 1 aromatic carbocycles. The lowest BCUT2D eigenvalue weighted by atomic mass is 10.0. The topological polar surface area (TPSA) is 59.4 Å². The van der Waals surface area contributed by atoms with Gasteiger partial charge in [0.1, 0.15) is 11.3 Å². The highest BCUT2D eigenvalue weighted by Gasteiger charge is 2.14. The molecule has 0 aliphatic carbocycles. The maximum Gasteiger partial charge on any atom is 0.137 e. The lowest BCUT2D eigenvalue weighted by Crippen LogP contribution is -2.08. The number of furan rings is 1. The van der Waals surface area contributed by atoms with Gasteiger partial charge in [0.05, 0.1) is 11.6 Å². The summed E-state index contributed by atoms with van der Waals surface area (Å²) in [7, 11) is 0. The molecule has 2 rings (SSSR count). The summed E-state index contributed by atoms with van der Waals surface area (Å²) >= 11 is 0. The average Bonchev–Trinajstić information content (AvgIpc) is 2.62. The molecule has 0 saturated carbocycles. The zero-order valence-electron chi connectivity index (χ0n) is 8.03. The van der Waals surface area contributed by atoms with Gasteiger partial charge in [-0.2, -0.15) is 0 Å². The first-order chi connectivity index (χ1) is 6.74. The van der Waals surface area contributed by atoms with Crippen molar-refractivity contribution in [2.24, 2.45) is 5.73 Å². The molecule has 3 nitrogen and oxygen atoms in total. The highest BCUT2D eigenvalue weighted by molar-refractivity contribution is 5.87. The Balaban J connectivity index is 2.67. The van der Waals surface area contributed by atoms with Crippen molar-refractivity contribution in [2.45, 2.75) is 12.8 Å². The molecular formula is C11H13NO2. The van der Waals surface area contributed by atoms with Gasteiger partial charge in [-0.05, 0) is 24.6 Å². The highest BCUT2D eigenvalue weighted by Crippen LogP contribution is 2.33. The second-order valence-electron chi connectivity index (χ2n) is 3.48. The normalized spacial score (nSPS) is 13.3. The van der Waals surface area contributed by atoms with Gasteiger partial charge >= 0.3 is 0 Å². The molecule has 74 valence electrons. The molecule has 3 heteroatoms. The number of fused-ring (bicyclic) bond motifs is 1. The molecule has 0 radical (unpaired) electrons. The van der Waals surface area contributed by atoms with Crippen LogP contribution in [0.1, 0.15) is 18.4 Å². The van der Waals surface area contributed by atoms with Crippen LogP contribution in [0, 0.1) is 0 Å². The van der Waals surface area contributed by atoms with Crippen LogP contribution in [0.5, 0.6) is 5.75 Å². The smallest absolute Gasteiger partial charge is 0.137 e. The molecule has 1 atom stereocenters. The van der Waals surface area contributed by atoms with Gasteiger partial charge in [0, 0.05) is 5.56 Å². The van der Waals surface area contributed by atoms with E-state index in [1.807, 2.05) is 13.0 Å². The fourth-order valence-corrected chi connectivity index (χ4v) is 1.58. The largest absolute Gasteiger partial charge is 0.507 e. The van der Waals surface area contributed by atoms with E-state index in [0.29, 0.717) is 12.1 Å². The van der Waals surface area contributed by atoms with Crippen LogP contribution in [0.25, 0.3) is 11.0 Å². The van der Waals surface area contributed by atoms with Gasteiger partial charge in [0.25, 0.3) is 0 Å². The van der Waals surface area contributed by atoms with Crippen LogP contribution in [0.2, 0.25) is 0 Å². The summed E-state index contributed by atoms with van der Waals surface area (Å²) in [5.74, 6) is 0.455. The first-order valence-electron chi connectivity index (χ1n) is 4.63. The molecular weight excluding hydrogens is 178 g/mol. The van der Waals surface area contributed by atoms with Crippen molar-refractivity contribution in [2.75, 3.05) is 6.54 Å². The maximum absolute atomic E-state index is 9.68. The van der Waals surface area contributed by atoms with E-state index in [1.165, 1.54) is 0 Å². The van der Waals surface area contributed by atoms with E-state index in [1.54, 1.807) is 18.4 Å². The number of nitrogens with two attached hydrogens (primary N) is 1. The third-order valence-electron chi connectivity index (χ3n) is 2.49. The fraction of sp³-hybridized carbons (Fsp3) is 0.273. The Morgan fingerprint density at radius 3 is 3.00 bits per heavy atom. The molecule has 1 unspecified atom stereocenters. The van der Waals surface area contributed by atoms with Crippen LogP contribution in [0.3, 0.4) is 0 Å². The van der Waals surface area contributed by atoms with Crippen molar-refractivity contribution >= 4 is 11.0 Å². The van der Waals surface area contributed by atoms with Crippen LogP contribution in [0.15, 0.2) is 28.9 Å². The van der Waals surface area contributed by atoms with E-state index in [0.717, 1.165) is 10.9 Å². The number of hydrogen-bond acceptors (Lipinski definition) is 3. The van der Waals surface area contributed by atoms with E-state index in [2.05, 4.69) is 0 Å². The van der Waals surface area contributed by atoms with Gasteiger partial charge in [-0.15, -0.1) is 0 Å². The van der Waals surface area contributed by atoms with Gasteiger partial charge in [-0.3, -0.25) is 0 Å². The summed E-state index contributed by atoms with van der Waals surface area (Å²) < 4.78 is 5.34. The summed E-state index contributed by atoms with van der Waals surface area (Å²) in [6.45, 7) is 2.56. The molecule has 3 N–H and O–H groups in total. The highest BCUT2D eigenvalue weighted by atomic mass is 16.3. The summed E-state index contributed by atoms with van der Waals surface area (Å²) in [6, 6.07) is 5.25. The van der Waals surface area contributed by atoms with E-state index in [4.69, 9.17) is 10.2 Å². The fourth-order valence-electron chi connectivity index (χ4n) is 1.58. The minimum absolute atomic E-state index is 0.199. The standard InChI is InChI=1S/C11H13NO2/c1-7(5-12)8-6-14-10-4-2-3-9(13)11(8)10/h2-4,6-7,13H,5,12H2,1H3. The molecule has 14 heavy (non-hydrogen) atoms. The van der Waals surface area contributed by atoms with Crippen molar-refractivity contribution in [3.05, 3.63) is 30.0 Å². The van der Waals surface area contributed by atoms with Crippen molar-refractivity contribution in [3.63, 3.8) is 0 Å². The average molecular weight is 191 g/mol. The summed E-state index contributed by atoms with van der Waals surface area (Å²) in [5, 5.41) is 10.5. The van der Waals surface area contributed by atoms with Crippen LogP contribution in [0.4, 0.5) is 0 Å². The zero-order valence-corrected chi connectivity index (χ0v) is 8.03. The molecule has 0 saturated heterocycles. The number of phenols is 1. The first kappa shape index (κ1) is 9.09. The Bertz CT molecular complexity index is 447. The van der Waals surface area contributed by atoms with Gasteiger partial charge in [-0.1, -0.05) is 13.0 Å². The second-order valence-corrected chi connectivity index (χ2v) is 3.48. The predicted molar refractivity (Wildman–Crippen MR) is 55.3 cm³/mol. The minimum atomic E-state index is 0.199. The van der Waals surface area contributed by atoms with Crippen molar-refractivity contribution in [3.8, 4) is 5.75 Å². The van der Waals surface area contributed by atoms with E-state index >= 15 is 0 Å². The lowest BCUT2D eigenvalue weighted by molar-refractivity contribution is 0.481. The van der Waals surface area contributed by atoms with Crippen LogP contribution >= 0.6 is 0 Å². The summed E-state index contributed by atoms with van der Waals surface area (Å²) in [6.07, 6.45) is 1.67. The first-order valence-corrected chi connectivity index (χ1v) is 4.63. The molecule has 0 amide bonds. The van der Waals surface area contributed by atoms with Crippen LogP contribution in [-0.2, 0) is 0 Å². The predicted octanol–water partition coefficient (Wildman–Crippen LogP) is 2.20. The van der Waals surface area contributed by atoms with Crippen molar-refractivity contribution in [1.82, 2.24) is 0 Å². The maximum atomic E-state index is 9.68. The molecule has 0 bridgehead atoms. The molecule has 1 heterocycles. The third-order valence-corrected chi connectivity index (χ3v) is 2.49. The molecule has 2 aromatic rings. The minimum Gasteiger partial charge on any atom is -0.507 e. The zero-order chi connectivity index (χ0) is 10.1. The van der Waals surface area contributed by atoms with Crippen LogP contribution < -0.4 is 5.73 Å². The molecule has 0 fully saturated rings. The van der Waals surface area contributed by atoms with Gasteiger partial charge in [0.15, 0.2) is 0 Å². The van der Waals surface area contributed by atoms with Gasteiger partial charge < -0.3 is 15.3 Å². The number of phenolic OH excluding ortho intramolecular Hbond substituents is 1. The van der Waals surface area contributed by atoms with Crippen molar-refractivity contribution in [1.29, 1.82) is 0 Å². The Hall–Kier alpha value is -1.48. The second kappa shape index (κ2) is 3.35. The van der Waals surface area contributed by atoms with Crippen molar-refractivity contribution < 1.29 is 9.52 Å². The summed E-state index contributed by atoms with van der Waals surface area (Å²) in [5.41, 5.74) is 7.26. The number of rotatable bonds is 2. The Morgan fingerprint density at radius 2 is 2.29 bits per heavy atom. The summed E-state index contributed by atoms with van der Waals surface area (Å²) in [4.78, 5) is 0.